The molecule has 4 heteroatoms. The van der Waals surface area contributed by atoms with Crippen molar-refractivity contribution in [1.29, 1.82) is 0 Å². The first-order valence-electron chi connectivity index (χ1n) is 5.90. The van der Waals surface area contributed by atoms with Crippen molar-refractivity contribution in [2.75, 3.05) is 5.32 Å². The normalized spacial score (nSPS) is 10.1. The van der Waals surface area contributed by atoms with Crippen LogP contribution in [0.25, 0.3) is 0 Å². The van der Waals surface area contributed by atoms with Crippen molar-refractivity contribution in [3.05, 3.63) is 18.5 Å². The lowest BCUT2D eigenvalue weighted by Crippen LogP contribution is -2.13. The smallest absolute Gasteiger partial charge is 0.229 e. The molecular formula is C12H19N3O. The van der Waals surface area contributed by atoms with Crippen molar-refractivity contribution >= 4 is 11.9 Å². The lowest BCUT2D eigenvalue weighted by Gasteiger charge is -2.02. The zero-order chi connectivity index (χ0) is 11.6. The molecule has 4 nitrogen and oxygen atoms in total. The number of unbranched alkanes of at least 4 members (excludes halogenated alkanes) is 4. The van der Waals surface area contributed by atoms with Crippen LogP contribution in [0.4, 0.5) is 5.95 Å². The summed E-state index contributed by atoms with van der Waals surface area (Å²) >= 11 is 0. The minimum Gasteiger partial charge on any atom is -0.295 e. The van der Waals surface area contributed by atoms with Gasteiger partial charge < -0.3 is 0 Å². The van der Waals surface area contributed by atoms with Gasteiger partial charge in [-0.2, -0.15) is 0 Å². The highest BCUT2D eigenvalue weighted by Gasteiger charge is 2.02. The number of hydrogen-bond donors (Lipinski definition) is 1. The molecule has 1 amide bonds. The number of carbonyl (C=O) groups is 1. The van der Waals surface area contributed by atoms with E-state index in [0.717, 1.165) is 12.8 Å². The van der Waals surface area contributed by atoms with E-state index in [4.69, 9.17) is 0 Å². The van der Waals surface area contributed by atoms with Crippen LogP contribution in [-0.4, -0.2) is 15.9 Å². The number of carbonyl (C=O) groups excluding carboxylic acids is 1. The summed E-state index contributed by atoms with van der Waals surface area (Å²) in [6, 6.07) is 1.72. The Kier molecular flexibility index (Phi) is 6.15. The van der Waals surface area contributed by atoms with E-state index < -0.39 is 0 Å². The van der Waals surface area contributed by atoms with Crippen LogP contribution >= 0.6 is 0 Å². The molecule has 1 N–H and O–H groups in total. The topological polar surface area (TPSA) is 54.9 Å². The van der Waals surface area contributed by atoms with E-state index in [2.05, 4.69) is 22.2 Å². The molecule has 16 heavy (non-hydrogen) atoms. The maximum absolute atomic E-state index is 11.5. The van der Waals surface area contributed by atoms with E-state index in [1.807, 2.05) is 0 Å². The molecule has 1 aromatic rings. The molecule has 88 valence electrons. The first-order chi connectivity index (χ1) is 7.83. The lowest BCUT2D eigenvalue weighted by molar-refractivity contribution is -0.116. The summed E-state index contributed by atoms with van der Waals surface area (Å²) in [6.45, 7) is 2.18. The third-order valence-electron chi connectivity index (χ3n) is 2.32. The second kappa shape index (κ2) is 7.79. The van der Waals surface area contributed by atoms with Gasteiger partial charge in [0.1, 0.15) is 0 Å². The Morgan fingerprint density at radius 3 is 2.56 bits per heavy atom. The number of aromatic nitrogens is 2. The van der Waals surface area contributed by atoms with Crippen molar-refractivity contribution in [2.45, 2.75) is 45.4 Å². The van der Waals surface area contributed by atoms with Gasteiger partial charge in [0.05, 0.1) is 0 Å². The molecule has 1 rings (SSSR count). The third-order valence-corrected chi connectivity index (χ3v) is 2.32. The third kappa shape index (κ3) is 5.44. The molecular weight excluding hydrogens is 202 g/mol. The highest BCUT2D eigenvalue weighted by molar-refractivity contribution is 5.88. The van der Waals surface area contributed by atoms with Gasteiger partial charge in [-0.3, -0.25) is 10.1 Å². The molecule has 0 aliphatic heterocycles. The van der Waals surface area contributed by atoms with E-state index >= 15 is 0 Å². The van der Waals surface area contributed by atoms with E-state index in [1.165, 1.54) is 19.3 Å². The summed E-state index contributed by atoms with van der Waals surface area (Å²) in [5.74, 6) is 0.392. The molecule has 0 aliphatic rings. The molecule has 0 saturated carbocycles. The van der Waals surface area contributed by atoms with Crippen LogP contribution in [0.2, 0.25) is 0 Å². The minimum atomic E-state index is 0.00250. The van der Waals surface area contributed by atoms with Crippen LogP contribution in [0.15, 0.2) is 18.5 Å². The highest BCUT2D eigenvalue weighted by atomic mass is 16.1. The molecule has 0 saturated heterocycles. The van der Waals surface area contributed by atoms with Crippen molar-refractivity contribution in [3.8, 4) is 0 Å². The molecule has 0 radical (unpaired) electrons. The van der Waals surface area contributed by atoms with Crippen LogP contribution in [0.1, 0.15) is 45.4 Å². The maximum Gasteiger partial charge on any atom is 0.229 e. The number of nitrogens with one attached hydrogen (secondary N) is 1. The molecule has 0 fully saturated rings. The summed E-state index contributed by atoms with van der Waals surface area (Å²) in [5, 5.41) is 2.67. The minimum absolute atomic E-state index is 0.00250. The van der Waals surface area contributed by atoms with Crippen LogP contribution in [0.5, 0.6) is 0 Å². The maximum atomic E-state index is 11.5. The van der Waals surface area contributed by atoms with E-state index in [0.29, 0.717) is 12.4 Å². The SMILES string of the molecule is CCCCCCCC(=O)Nc1ncccn1. The molecule has 1 aromatic heterocycles. The summed E-state index contributed by atoms with van der Waals surface area (Å²) in [5.41, 5.74) is 0. The molecule has 0 aromatic carbocycles. The molecule has 0 bridgehead atoms. The Morgan fingerprint density at radius 2 is 1.88 bits per heavy atom. The Hall–Kier alpha value is -1.45. The lowest BCUT2D eigenvalue weighted by atomic mass is 10.1. The van der Waals surface area contributed by atoms with Crippen molar-refractivity contribution in [3.63, 3.8) is 0 Å². The first-order valence-corrected chi connectivity index (χ1v) is 5.90. The van der Waals surface area contributed by atoms with Gasteiger partial charge in [0.2, 0.25) is 11.9 Å². The summed E-state index contributed by atoms with van der Waals surface area (Å²) < 4.78 is 0. The Balaban J connectivity index is 2.12. The largest absolute Gasteiger partial charge is 0.295 e. The van der Waals surface area contributed by atoms with Gasteiger partial charge in [-0.05, 0) is 12.5 Å². The van der Waals surface area contributed by atoms with Gasteiger partial charge in [-0.15, -0.1) is 0 Å². The summed E-state index contributed by atoms with van der Waals surface area (Å²) in [4.78, 5) is 19.3. The van der Waals surface area contributed by atoms with Gasteiger partial charge in [-0.25, -0.2) is 9.97 Å². The van der Waals surface area contributed by atoms with Crippen LogP contribution < -0.4 is 5.32 Å². The van der Waals surface area contributed by atoms with Crippen LogP contribution in [0.3, 0.4) is 0 Å². The van der Waals surface area contributed by atoms with Crippen molar-refractivity contribution < 1.29 is 4.79 Å². The molecule has 0 aliphatic carbocycles. The Labute approximate surface area is 96.5 Å². The second-order valence-corrected chi connectivity index (χ2v) is 3.78. The average Bonchev–Trinajstić information content (AvgIpc) is 2.30. The number of anilines is 1. The monoisotopic (exact) mass is 221 g/mol. The predicted octanol–water partition coefficient (Wildman–Crippen LogP) is 2.78. The van der Waals surface area contributed by atoms with Crippen LogP contribution in [-0.2, 0) is 4.79 Å². The number of hydrogen-bond acceptors (Lipinski definition) is 3. The molecule has 1 heterocycles. The van der Waals surface area contributed by atoms with Crippen molar-refractivity contribution in [2.24, 2.45) is 0 Å². The Bertz CT molecular complexity index is 300. The number of nitrogens with zero attached hydrogens (tertiary/aromatic N) is 2. The fraction of sp³-hybridized carbons (Fsp3) is 0.583. The second-order valence-electron chi connectivity index (χ2n) is 3.78. The zero-order valence-corrected chi connectivity index (χ0v) is 9.78. The van der Waals surface area contributed by atoms with Gasteiger partial charge in [-0.1, -0.05) is 32.6 Å². The number of amides is 1. The molecule has 0 spiro atoms. The quantitative estimate of drug-likeness (QED) is 0.720. The molecule has 0 atom stereocenters. The molecule has 0 unspecified atom stereocenters. The van der Waals surface area contributed by atoms with E-state index in [1.54, 1.807) is 18.5 Å². The fourth-order valence-electron chi connectivity index (χ4n) is 1.44. The van der Waals surface area contributed by atoms with E-state index in [9.17, 15) is 4.79 Å². The van der Waals surface area contributed by atoms with Gasteiger partial charge in [0, 0.05) is 18.8 Å². The summed E-state index contributed by atoms with van der Waals surface area (Å²) in [6.07, 6.45) is 9.55. The first kappa shape index (κ1) is 12.6. The predicted molar refractivity (Wildman–Crippen MR) is 64.0 cm³/mol. The summed E-state index contributed by atoms with van der Waals surface area (Å²) in [7, 11) is 0. The van der Waals surface area contributed by atoms with Gasteiger partial charge in [0.25, 0.3) is 0 Å². The van der Waals surface area contributed by atoms with E-state index in [-0.39, 0.29) is 5.91 Å². The van der Waals surface area contributed by atoms with Gasteiger partial charge >= 0.3 is 0 Å². The number of rotatable bonds is 7. The zero-order valence-electron chi connectivity index (χ0n) is 9.78. The van der Waals surface area contributed by atoms with Crippen LogP contribution in [0, 0.1) is 0 Å². The average molecular weight is 221 g/mol. The van der Waals surface area contributed by atoms with Crippen molar-refractivity contribution in [1.82, 2.24) is 9.97 Å². The highest BCUT2D eigenvalue weighted by Crippen LogP contribution is 2.06. The van der Waals surface area contributed by atoms with Gasteiger partial charge in [0.15, 0.2) is 0 Å². The Morgan fingerprint density at radius 1 is 1.19 bits per heavy atom. The standard InChI is InChI=1S/C12H19N3O/c1-2-3-4-5-6-8-11(16)15-12-13-9-7-10-14-12/h7,9-10H,2-6,8H2,1H3,(H,13,14,15,16). The fourth-order valence-corrected chi connectivity index (χ4v) is 1.44.